The number of benzene rings is 2. The van der Waals surface area contributed by atoms with Gasteiger partial charge in [0.2, 0.25) is 4.77 Å². The normalized spacial score (nSPS) is 10.9. The summed E-state index contributed by atoms with van der Waals surface area (Å²) in [6.07, 6.45) is 1.66. The first-order chi connectivity index (χ1) is 13.2. The van der Waals surface area contributed by atoms with Crippen molar-refractivity contribution in [3.05, 3.63) is 52.8 Å². The molecule has 0 radical (unpaired) electrons. The van der Waals surface area contributed by atoms with Crippen LogP contribution >= 0.6 is 12.2 Å². The predicted molar refractivity (Wildman–Crippen MR) is 107 cm³/mol. The molecule has 7 nitrogen and oxygen atoms in total. The maximum atomic E-state index is 5.69. The molecule has 1 heterocycles. The summed E-state index contributed by atoms with van der Waals surface area (Å²) in [5.41, 5.74) is 1.58. The number of hydrogen-bond acceptors (Lipinski definition) is 6. The maximum absolute atomic E-state index is 5.69. The highest BCUT2D eigenvalue weighted by atomic mass is 32.1. The van der Waals surface area contributed by atoms with Crippen LogP contribution in [0.1, 0.15) is 12.5 Å². The van der Waals surface area contributed by atoms with E-state index in [0.717, 1.165) is 11.1 Å². The lowest BCUT2D eigenvalue weighted by Gasteiger charge is -2.09. The average molecular weight is 384 g/mol. The van der Waals surface area contributed by atoms with Gasteiger partial charge in [0.15, 0.2) is 5.82 Å². The minimum Gasteiger partial charge on any atom is -0.497 e. The molecule has 8 heteroatoms. The van der Waals surface area contributed by atoms with E-state index in [9.17, 15) is 0 Å². The lowest BCUT2D eigenvalue weighted by molar-refractivity contribution is 0.341. The second-order valence-corrected chi connectivity index (χ2v) is 5.83. The van der Waals surface area contributed by atoms with Gasteiger partial charge in [0.05, 0.1) is 32.6 Å². The van der Waals surface area contributed by atoms with E-state index in [-0.39, 0.29) is 0 Å². The Labute approximate surface area is 162 Å². The third kappa shape index (κ3) is 4.01. The summed E-state index contributed by atoms with van der Waals surface area (Å²) in [6.45, 7) is 2.48. The molecular weight excluding hydrogens is 364 g/mol. The quantitative estimate of drug-likeness (QED) is 0.494. The van der Waals surface area contributed by atoms with Gasteiger partial charge in [-0.1, -0.05) is 12.1 Å². The molecule has 140 valence electrons. The standard InChI is InChI=1S/C19H20N4O3S/c1-4-26-16-8-6-5-7-15(16)18-21-22-19(27)23(18)20-12-13-9-10-14(24-2)11-17(13)25-3/h5-12H,4H2,1-3H3,(H,22,27)/b20-12-. The second-order valence-electron chi connectivity index (χ2n) is 5.45. The Morgan fingerprint density at radius 2 is 1.96 bits per heavy atom. The molecule has 27 heavy (non-hydrogen) atoms. The van der Waals surface area contributed by atoms with Crippen LogP contribution in [-0.4, -0.2) is 41.9 Å². The molecular formula is C19H20N4O3S. The monoisotopic (exact) mass is 384 g/mol. The molecule has 0 aliphatic rings. The number of methoxy groups -OCH3 is 2. The Bertz CT molecular complexity index is 1010. The van der Waals surface area contributed by atoms with Crippen molar-refractivity contribution in [3.8, 4) is 28.6 Å². The number of aromatic amines is 1. The molecule has 0 atom stereocenters. The van der Waals surface area contributed by atoms with Gasteiger partial charge in [-0.2, -0.15) is 14.9 Å². The van der Waals surface area contributed by atoms with E-state index >= 15 is 0 Å². The largest absolute Gasteiger partial charge is 0.497 e. The topological polar surface area (TPSA) is 73.7 Å². The Balaban J connectivity index is 2.02. The summed E-state index contributed by atoms with van der Waals surface area (Å²) < 4.78 is 18.2. The van der Waals surface area contributed by atoms with Gasteiger partial charge in [-0.15, -0.1) is 0 Å². The number of para-hydroxylation sites is 1. The predicted octanol–water partition coefficient (Wildman–Crippen LogP) is 3.91. The number of H-pyrrole nitrogens is 1. The second kappa shape index (κ2) is 8.50. The van der Waals surface area contributed by atoms with Gasteiger partial charge >= 0.3 is 0 Å². The number of hydrogen-bond donors (Lipinski definition) is 1. The molecule has 0 fully saturated rings. The van der Waals surface area contributed by atoms with E-state index in [2.05, 4.69) is 15.3 Å². The summed E-state index contributed by atoms with van der Waals surface area (Å²) in [4.78, 5) is 0. The van der Waals surface area contributed by atoms with Crippen LogP contribution in [0.3, 0.4) is 0 Å². The minimum atomic E-state index is 0.375. The zero-order chi connectivity index (χ0) is 19.2. The first kappa shape index (κ1) is 18.7. The molecule has 0 saturated heterocycles. The highest BCUT2D eigenvalue weighted by Gasteiger charge is 2.13. The van der Waals surface area contributed by atoms with E-state index in [1.165, 1.54) is 0 Å². The fourth-order valence-corrected chi connectivity index (χ4v) is 2.73. The lowest BCUT2D eigenvalue weighted by atomic mass is 10.2. The van der Waals surface area contributed by atoms with Crippen molar-refractivity contribution in [3.63, 3.8) is 0 Å². The van der Waals surface area contributed by atoms with Gasteiger partial charge in [0.25, 0.3) is 0 Å². The Morgan fingerprint density at radius 1 is 1.15 bits per heavy atom. The number of ether oxygens (including phenoxy) is 3. The van der Waals surface area contributed by atoms with Crippen LogP contribution in [0.15, 0.2) is 47.6 Å². The number of aromatic nitrogens is 3. The average Bonchev–Trinajstić information content (AvgIpc) is 3.07. The molecule has 3 aromatic rings. The summed E-state index contributed by atoms with van der Waals surface area (Å²) in [7, 11) is 3.20. The van der Waals surface area contributed by atoms with Gasteiger partial charge in [-0.05, 0) is 43.4 Å². The molecule has 2 aromatic carbocycles. The molecule has 3 rings (SSSR count). The van der Waals surface area contributed by atoms with E-state index in [1.54, 1.807) is 31.2 Å². The van der Waals surface area contributed by atoms with Crippen LogP contribution in [0.4, 0.5) is 0 Å². The van der Waals surface area contributed by atoms with Crippen LogP contribution in [0, 0.1) is 4.77 Å². The number of nitrogens with one attached hydrogen (secondary N) is 1. The molecule has 1 aromatic heterocycles. The van der Waals surface area contributed by atoms with E-state index in [4.69, 9.17) is 26.4 Å². The van der Waals surface area contributed by atoms with Crippen molar-refractivity contribution in [2.24, 2.45) is 5.10 Å². The zero-order valence-corrected chi connectivity index (χ0v) is 16.1. The molecule has 0 saturated carbocycles. The van der Waals surface area contributed by atoms with Crippen molar-refractivity contribution < 1.29 is 14.2 Å². The molecule has 0 unspecified atom stereocenters. The van der Waals surface area contributed by atoms with Gasteiger partial charge in [0, 0.05) is 11.6 Å². The molecule has 1 N–H and O–H groups in total. The van der Waals surface area contributed by atoms with Crippen molar-refractivity contribution in [1.29, 1.82) is 0 Å². The Hall–Kier alpha value is -3.13. The third-order valence-corrected chi connectivity index (χ3v) is 4.10. The first-order valence-electron chi connectivity index (χ1n) is 8.34. The molecule has 0 aliphatic heterocycles. The van der Waals surface area contributed by atoms with E-state index in [1.807, 2.05) is 43.3 Å². The van der Waals surface area contributed by atoms with Gasteiger partial charge in [-0.25, -0.2) is 5.10 Å². The van der Waals surface area contributed by atoms with Crippen molar-refractivity contribution in [2.45, 2.75) is 6.92 Å². The fourth-order valence-electron chi connectivity index (χ4n) is 2.55. The highest BCUT2D eigenvalue weighted by Crippen LogP contribution is 2.29. The van der Waals surface area contributed by atoms with E-state index in [0.29, 0.717) is 34.5 Å². The van der Waals surface area contributed by atoms with Crippen molar-refractivity contribution in [1.82, 2.24) is 14.9 Å². The Morgan fingerprint density at radius 3 is 2.70 bits per heavy atom. The van der Waals surface area contributed by atoms with Crippen LogP contribution < -0.4 is 14.2 Å². The molecule has 0 spiro atoms. The maximum Gasteiger partial charge on any atom is 0.216 e. The summed E-state index contributed by atoms with van der Waals surface area (Å²) in [6, 6.07) is 13.1. The number of rotatable bonds is 7. The van der Waals surface area contributed by atoms with Crippen LogP contribution in [0.25, 0.3) is 11.4 Å². The fraction of sp³-hybridized carbons (Fsp3) is 0.211. The van der Waals surface area contributed by atoms with Crippen LogP contribution in [0.2, 0.25) is 0 Å². The lowest BCUT2D eigenvalue weighted by Crippen LogP contribution is -1.99. The minimum absolute atomic E-state index is 0.375. The SMILES string of the molecule is CCOc1ccccc1-c1n[nH]c(=S)n1/N=C\c1ccc(OC)cc1OC. The van der Waals surface area contributed by atoms with Gasteiger partial charge in [-0.3, -0.25) is 0 Å². The smallest absolute Gasteiger partial charge is 0.216 e. The van der Waals surface area contributed by atoms with Crippen LogP contribution in [0.5, 0.6) is 17.2 Å². The van der Waals surface area contributed by atoms with Gasteiger partial charge < -0.3 is 14.2 Å². The molecule has 0 amide bonds. The first-order valence-corrected chi connectivity index (χ1v) is 8.74. The zero-order valence-electron chi connectivity index (χ0n) is 15.3. The third-order valence-electron chi connectivity index (χ3n) is 3.83. The Kier molecular flexibility index (Phi) is 5.87. The van der Waals surface area contributed by atoms with E-state index < -0.39 is 0 Å². The summed E-state index contributed by atoms with van der Waals surface area (Å²) in [5, 5.41) is 11.6. The summed E-state index contributed by atoms with van der Waals surface area (Å²) >= 11 is 5.34. The molecule has 0 aliphatic carbocycles. The highest BCUT2D eigenvalue weighted by molar-refractivity contribution is 7.71. The van der Waals surface area contributed by atoms with Gasteiger partial charge in [0.1, 0.15) is 17.2 Å². The van der Waals surface area contributed by atoms with Crippen molar-refractivity contribution >= 4 is 18.4 Å². The van der Waals surface area contributed by atoms with Crippen LogP contribution in [-0.2, 0) is 0 Å². The van der Waals surface area contributed by atoms with Crippen molar-refractivity contribution in [2.75, 3.05) is 20.8 Å². The number of nitrogens with zero attached hydrogens (tertiary/aromatic N) is 3. The molecule has 0 bridgehead atoms. The summed E-state index contributed by atoms with van der Waals surface area (Å²) in [5.74, 6) is 2.62.